The van der Waals surface area contributed by atoms with Crippen molar-refractivity contribution in [2.24, 2.45) is 0 Å². The molecule has 0 fully saturated rings. The Labute approximate surface area is 204 Å². The van der Waals surface area contributed by atoms with E-state index in [1.807, 2.05) is 65.6 Å². The summed E-state index contributed by atoms with van der Waals surface area (Å²) in [5.74, 6) is 0.590. The second kappa shape index (κ2) is 9.44. The van der Waals surface area contributed by atoms with E-state index in [9.17, 15) is 9.59 Å². The fraction of sp³-hybridized carbons (Fsp3) is 0.240. The zero-order valence-corrected chi connectivity index (χ0v) is 20.3. The first-order valence-electron chi connectivity index (χ1n) is 10.7. The van der Waals surface area contributed by atoms with Gasteiger partial charge in [-0.25, -0.2) is 9.78 Å². The van der Waals surface area contributed by atoms with E-state index in [1.54, 1.807) is 16.7 Å². The van der Waals surface area contributed by atoms with Crippen molar-refractivity contribution in [3.63, 3.8) is 0 Å². The number of carbonyl (C=O) groups is 2. The molecule has 4 aromatic rings. The highest BCUT2D eigenvalue weighted by Crippen LogP contribution is 2.32. The number of rotatable bonds is 7. The third kappa shape index (κ3) is 4.49. The number of fused-ring (bicyclic) bond motifs is 1. The lowest BCUT2D eigenvalue weighted by Crippen LogP contribution is -2.33. The molecule has 0 saturated carbocycles. The van der Waals surface area contributed by atoms with Crippen LogP contribution in [0.1, 0.15) is 32.2 Å². The van der Waals surface area contributed by atoms with Crippen molar-refractivity contribution in [1.29, 1.82) is 0 Å². The van der Waals surface area contributed by atoms with Crippen LogP contribution in [-0.2, 0) is 11.3 Å². The summed E-state index contributed by atoms with van der Waals surface area (Å²) in [5, 5.41) is 6.32. The van der Waals surface area contributed by atoms with Gasteiger partial charge in [-0.1, -0.05) is 12.1 Å². The van der Waals surface area contributed by atoms with Gasteiger partial charge in [0.05, 0.1) is 6.54 Å². The second-order valence-electron chi connectivity index (χ2n) is 7.94. The molecule has 1 atom stereocenters. The van der Waals surface area contributed by atoms with Crippen molar-refractivity contribution >= 4 is 34.4 Å². The lowest BCUT2D eigenvalue weighted by Gasteiger charge is -2.27. The highest BCUT2D eigenvalue weighted by Gasteiger charge is 2.24. The van der Waals surface area contributed by atoms with E-state index in [-0.39, 0.29) is 24.2 Å². The number of benzene rings is 1. The number of nitrogens with zero attached hydrogens (tertiary/aromatic N) is 2. The van der Waals surface area contributed by atoms with Crippen molar-refractivity contribution in [3.05, 3.63) is 75.2 Å². The number of ketones is 1. The van der Waals surface area contributed by atoms with E-state index in [1.165, 1.54) is 11.3 Å². The summed E-state index contributed by atoms with van der Waals surface area (Å²) < 4.78 is 19.2. The van der Waals surface area contributed by atoms with E-state index < -0.39 is 5.97 Å². The maximum atomic E-state index is 12.9. The first kappa shape index (κ1) is 22.4. The third-order valence-electron chi connectivity index (χ3n) is 5.64. The predicted octanol–water partition coefficient (Wildman–Crippen LogP) is 5.17. The Balaban J connectivity index is 1.22. The van der Waals surface area contributed by atoms with Crippen LogP contribution in [0.5, 0.6) is 11.5 Å². The molecule has 1 aliphatic rings. The van der Waals surface area contributed by atoms with Gasteiger partial charge in [0.1, 0.15) is 11.6 Å². The molecule has 5 rings (SSSR count). The molecular weight excluding hydrogens is 472 g/mol. The average Bonchev–Trinajstić information content (AvgIpc) is 3.60. The van der Waals surface area contributed by atoms with Gasteiger partial charge in [-0.15, -0.1) is 11.3 Å². The van der Waals surface area contributed by atoms with Crippen LogP contribution in [0.25, 0.3) is 10.6 Å². The molecule has 3 aromatic heterocycles. The maximum Gasteiger partial charge on any atom is 0.358 e. The largest absolute Gasteiger partial charge is 0.486 e. The molecular formula is C25H22N2O5S2. The fourth-order valence-electron chi connectivity index (χ4n) is 3.89. The summed E-state index contributed by atoms with van der Waals surface area (Å²) in [7, 11) is 0. The van der Waals surface area contributed by atoms with Gasteiger partial charge in [0.25, 0.3) is 0 Å². The van der Waals surface area contributed by atoms with Gasteiger partial charge in [0, 0.05) is 33.3 Å². The zero-order chi connectivity index (χ0) is 23.7. The number of hydrogen-bond acceptors (Lipinski definition) is 8. The van der Waals surface area contributed by atoms with Gasteiger partial charge in [-0.2, -0.15) is 11.3 Å². The Morgan fingerprint density at radius 1 is 1.18 bits per heavy atom. The number of esters is 1. The van der Waals surface area contributed by atoms with Crippen LogP contribution in [0.15, 0.2) is 52.5 Å². The number of Topliss-reactive ketones (excluding diaryl/α,β-unsaturated/α-hetero) is 1. The summed E-state index contributed by atoms with van der Waals surface area (Å²) in [6.45, 7) is 4.45. The van der Waals surface area contributed by atoms with Gasteiger partial charge in [-0.05, 0) is 43.5 Å². The number of para-hydroxylation sites is 2. The lowest BCUT2D eigenvalue weighted by molar-refractivity contribution is 0.0469. The summed E-state index contributed by atoms with van der Waals surface area (Å²) >= 11 is 2.94. The quantitative estimate of drug-likeness (QED) is 0.261. The molecule has 7 nitrogen and oxygen atoms in total. The molecule has 0 radical (unpaired) electrons. The van der Waals surface area contributed by atoms with E-state index in [0.29, 0.717) is 24.5 Å². The molecule has 1 aromatic carbocycles. The highest BCUT2D eigenvalue weighted by molar-refractivity contribution is 7.14. The molecule has 4 heterocycles. The lowest BCUT2D eigenvalue weighted by atomic mass is 10.1. The Hall–Kier alpha value is -3.43. The third-order valence-corrected chi connectivity index (χ3v) is 7.22. The van der Waals surface area contributed by atoms with E-state index >= 15 is 0 Å². The number of ether oxygens (including phenoxy) is 3. The molecule has 9 heteroatoms. The smallest absolute Gasteiger partial charge is 0.358 e. The van der Waals surface area contributed by atoms with Crippen molar-refractivity contribution in [1.82, 2.24) is 9.55 Å². The second-order valence-corrected chi connectivity index (χ2v) is 9.58. The standard InChI is InChI=1S/C25H22N2O5S2/c1-15-9-19(16(2)27(15)10-18-11-30-22-5-3-4-6-23(22)32-18)21(28)12-31-25(29)20-14-34-24(26-20)17-7-8-33-13-17/h3-9,13-14,18H,10-12H2,1-2H3/t18-/m1/s1. The van der Waals surface area contributed by atoms with Crippen LogP contribution >= 0.6 is 22.7 Å². The molecule has 0 aliphatic carbocycles. The van der Waals surface area contributed by atoms with Crippen LogP contribution in [-0.4, -0.2) is 40.6 Å². The van der Waals surface area contributed by atoms with Gasteiger partial charge in [0.15, 0.2) is 29.9 Å². The number of aryl methyl sites for hydroxylation is 1. The minimum Gasteiger partial charge on any atom is -0.486 e. The number of carbonyl (C=O) groups excluding carboxylic acids is 2. The highest BCUT2D eigenvalue weighted by atomic mass is 32.1. The van der Waals surface area contributed by atoms with Crippen LogP contribution in [0.2, 0.25) is 0 Å². The van der Waals surface area contributed by atoms with Gasteiger partial charge in [-0.3, -0.25) is 4.79 Å². The zero-order valence-electron chi connectivity index (χ0n) is 18.6. The summed E-state index contributed by atoms with van der Waals surface area (Å²) in [6.07, 6.45) is -0.178. The Morgan fingerprint density at radius 2 is 2.00 bits per heavy atom. The van der Waals surface area contributed by atoms with Crippen molar-refractivity contribution in [2.45, 2.75) is 26.5 Å². The molecule has 0 unspecified atom stereocenters. The van der Waals surface area contributed by atoms with Crippen LogP contribution in [0.4, 0.5) is 0 Å². The van der Waals surface area contributed by atoms with Crippen LogP contribution < -0.4 is 9.47 Å². The minimum absolute atomic E-state index is 0.178. The molecule has 0 amide bonds. The number of aromatic nitrogens is 2. The molecule has 0 spiro atoms. The molecule has 0 N–H and O–H groups in total. The maximum absolute atomic E-state index is 12.9. The van der Waals surface area contributed by atoms with Crippen molar-refractivity contribution in [2.75, 3.05) is 13.2 Å². The van der Waals surface area contributed by atoms with Crippen LogP contribution in [0.3, 0.4) is 0 Å². The number of thiophene rings is 1. The number of hydrogen-bond donors (Lipinski definition) is 0. The summed E-state index contributed by atoms with van der Waals surface area (Å²) in [5.41, 5.74) is 3.43. The van der Waals surface area contributed by atoms with Gasteiger partial charge in [0.2, 0.25) is 5.78 Å². The first-order valence-corrected chi connectivity index (χ1v) is 12.6. The first-order chi connectivity index (χ1) is 16.5. The average molecular weight is 495 g/mol. The van der Waals surface area contributed by atoms with Gasteiger partial charge >= 0.3 is 5.97 Å². The summed E-state index contributed by atoms with van der Waals surface area (Å²) in [6, 6.07) is 11.3. The molecule has 174 valence electrons. The molecule has 0 bridgehead atoms. The fourth-order valence-corrected chi connectivity index (χ4v) is 5.39. The monoisotopic (exact) mass is 494 g/mol. The van der Waals surface area contributed by atoms with Crippen molar-refractivity contribution in [3.8, 4) is 22.1 Å². The topological polar surface area (TPSA) is 79.7 Å². The van der Waals surface area contributed by atoms with Crippen LogP contribution in [0, 0.1) is 13.8 Å². The Morgan fingerprint density at radius 3 is 2.79 bits per heavy atom. The Bertz CT molecular complexity index is 1340. The Kier molecular flexibility index (Phi) is 6.21. The van der Waals surface area contributed by atoms with E-state index in [2.05, 4.69) is 4.98 Å². The number of thiazole rings is 1. The normalized spacial score (nSPS) is 14.7. The molecule has 34 heavy (non-hydrogen) atoms. The molecule has 0 saturated heterocycles. The van der Waals surface area contributed by atoms with E-state index in [0.717, 1.165) is 27.7 Å². The molecule has 1 aliphatic heterocycles. The van der Waals surface area contributed by atoms with Crippen molar-refractivity contribution < 1.29 is 23.8 Å². The SMILES string of the molecule is Cc1cc(C(=O)COC(=O)c2csc(-c3ccsc3)n2)c(C)n1C[C@@H]1COc2ccccc2O1. The summed E-state index contributed by atoms with van der Waals surface area (Å²) in [4.78, 5) is 29.6. The predicted molar refractivity (Wildman–Crippen MR) is 130 cm³/mol. The minimum atomic E-state index is -0.605. The van der Waals surface area contributed by atoms with Gasteiger partial charge < -0.3 is 18.8 Å². The van der Waals surface area contributed by atoms with E-state index in [4.69, 9.17) is 14.2 Å².